The largest absolute Gasteiger partial charge is 0.314 e. The van der Waals surface area contributed by atoms with Gasteiger partial charge in [0, 0.05) is 17.7 Å². The van der Waals surface area contributed by atoms with E-state index in [0.29, 0.717) is 12.0 Å². The Morgan fingerprint density at radius 1 is 1.47 bits per heavy atom. The van der Waals surface area contributed by atoms with Crippen LogP contribution < -0.4 is 5.32 Å². The van der Waals surface area contributed by atoms with Crippen LogP contribution in [0.2, 0.25) is 0 Å². The zero-order chi connectivity index (χ0) is 10.7. The molecule has 0 bridgehead atoms. The van der Waals surface area contributed by atoms with Crippen molar-refractivity contribution < 1.29 is 4.39 Å². The van der Waals surface area contributed by atoms with Gasteiger partial charge < -0.3 is 5.32 Å². The van der Waals surface area contributed by atoms with Crippen LogP contribution >= 0.6 is 0 Å². The van der Waals surface area contributed by atoms with Crippen molar-refractivity contribution in [1.82, 2.24) is 10.3 Å². The molecule has 0 atom stereocenters. The molecule has 1 N–H and O–H groups in total. The molecule has 1 fully saturated rings. The highest BCUT2D eigenvalue weighted by molar-refractivity contribution is 5.15. The average molecular weight is 208 g/mol. The van der Waals surface area contributed by atoms with Crippen molar-refractivity contribution in [1.29, 1.82) is 0 Å². The monoisotopic (exact) mass is 208 g/mol. The average Bonchev–Trinajstić information content (AvgIpc) is 2.18. The summed E-state index contributed by atoms with van der Waals surface area (Å²) < 4.78 is 12.6. The van der Waals surface area contributed by atoms with E-state index in [0.717, 1.165) is 25.1 Å². The molecule has 1 heterocycles. The molecule has 0 unspecified atom stereocenters. The minimum Gasteiger partial charge on any atom is -0.314 e. The number of halogens is 1. The molecule has 0 saturated heterocycles. The topological polar surface area (TPSA) is 24.9 Å². The molecular formula is C12H17FN2. The molecule has 0 aliphatic heterocycles. The van der Waals surface area contributed by atoms with Gasteiger partial charge in [0.1, 0.15) is 5.82 Å². The van der Waals surface area contributed by atoms with Crippen molar-refractivity contribution in [2.75, 3.05) is 6.54 Å². The van der Waals surface area contributed by atoms with Gasteiger partial charge in [-0.25, -0.2) is 4.39 Å². The Morgan fingerprint density at radius 3 is 2.87 bits per heavy atom. The molecule has 1 aromatic heterocycles. The third-order valence-electron chi connectivity index (χ3n) is 2.99. The summed E-state index contributed by atoms with van der Waals surface area (Å²) in [7, 11) is 0. The number of hydrogen-bond acceptors (Lipinski definition) is 2. The van der Waals surface area contributed by atoms with E-state index < -0.39 is 0 Å². The normalized spacial score (nSPS) is 24.9. The third-order valence-corrected chi connectivity index (χ3v) is 2.99. The first-order chi connectivity index (χ1) is 7.29. The molecule has 0 radical (unpaired) electrons. The lowest BCUT2D eigenvalue weighted by Gasteiger charge is -2.35. The first-order valence-corrected chi connectivity index (χ1v) is 5.64. The van der Waals surface area contributed by atoms with Gasteiger partial charge in [-0.3, -0.25) is 4.98 Å². The van der Waals surface area contributed by atoms with Crippen molar-refractivity contribution >= 4 is 0 Å². The van der Waals surface area contributed by atoms with Gasteiger partial charge in [0.05, 0.1) is 6.20 Å². The fraction of sp³-hybridized carbons (Fsp3) is 0.583. The standard InChI is InChI=1S/C12H17FN2/c1-2-5-14-11-6-9(7-11)12-4-3-10(13)8-15-12/h3-4,8-9,11,14H,2,5-7H2,1H3. The first-order valence-electron chi connectivity index (χ1n) is 5.64. The van der Waals surface area contributed by atoms with Gasteiger partial charge in [0.15, 0.2) is 0 Å². The van der Waals surface area contributed by atoms with E-state index in [1.54, 1.807) is 6.07 Å². The molecule has 0 amide bonds. The van der Waals surface area contributed by atoms with Gasteiger partial charge in [0.2, 0.25) is 0 Å². The van der Waals surface area contributed by atoms with Gasteiger partial charge >= 0.3 is 0 Å². The predicted molar refractivity (Wildman–Crippen MR) is 58.3 cm³/mol. The third kappa shape index (κ3) is 2.53. The summed E-state index contributed by atoms with van der Waals surface area (Å²) in [6, 6.07) is 3.94. The van der Waals surface area contributed by atoms with Crippen LogP contribution in [0, 0.1) is 5.82 Å². The molecule has 15 heavy (non-hydrogen) atoms. The van der Waals surface area contributed by atoms with Crippen molar-refractivity contribution in [3.8, 4) is 0 Å². The van der Waals surface area contributed by atoms with Gasteiger partial charge in [-0.2, -0.15) is 0 Å². The smallest absolute Gasteiger partial charge is 0.141 e. The Hall–Kier alpha value is -0.960. The van der Waals surface area contributed by atoms with E-state index in [-0.39, 0.29) is 5.82 Å². The number of nitrogens with one attached hydrogen (secondary N) is 1. The minimum atomic E-state index is -0.251. The number of rotatable bonds is 4. The molecule has 2 nitrogen and oxygen atoms in total. The molecule has 1 saturated carbocycles. The molecular weight excluding hydrogens is 191 g/mol. The number of pyridine rings is 1. The number of hydrogen-bond donors (Lipinski definition) is 1. The van der Waals surface area contributed by atoms with Crippen LogP contribution in [0.5, 0.6) is 0 Å². The molecule has 1 aromatic rings. The molecule has 3 heteroatoms. The van der Waals surface area contributed by atoms with E-state index in [1.807, 2.05) is 0 Å². The second kappa shape index (κ2) is 4.71. The van der Waals surface area contributed by atoms with Crippen LogP contribution in [-0.2, 0) is 0 Å². The molecule has 1 aliphatic rings. The lowest BCUT2D eigenvalue weighted by Crippen LogP contribution is -2.40. The zero-order valence-corrected chi connectivity index (χ0v) is 9.04. The summed E-state index contributed by atoms with van der Waals surface area (Å²) in [5, 5.41) is 3.48. The lowest BCUT2D eigenvalue weighted by molar-refractivity contribution is 0.287. The van der Waals surface area contributed by atoms with Crippen molar-refractivity contribution in [2.45, 2.75) is 38.1 Å². The van der Waals surface area contributed by atoms with Crippen molar-refractivity contribution in [3.05, 3.63) is 29.8 Å². The zero-order valence-electron chi connectivity index (χ0n) is 9.04. The van der Waals surface area contributed by atoms with Gasteiger partial charge in [-0.15, -0.1) is 0 Å². The maximum atomic E-state index is 12.6. The van der Waals surface area contributed by atoms with Crippen LogP contribution in [-0.4, -0.2) is 17.6 Å². The Labute approximate surface area is 89.9 Å². The van der Waals surface area contributed by atoms with Gasteiger partial charge in [0.25, 0.3) is 0 Å². The lowest BCUT2D eigenvalue weighted by atomic mass is 9.78. The molecule has 0 spiro atoms. The maximum absolute atomic E-state index is 12.6. The van der Waals surface area contributed by atoms with Crippen LogP contribution in [0.25, 0.3) is 0 Å². The minimum absolute atomic E-state index is 0.251. The summed E-state index contributed by atoms with van der Waals surface area (Å²) in [4.78, 5) is 4.11. The number of aromatic nitrogens is 1. The molecule has 82 valence electrons. The molecule has 1 aliphatic carbocycles. The SMILES string of the molecule is CCCNC1CC(c2ccc(F)cn2)C1. The Balaban J connectivity index is 1.81. The summed E-state index contributed by atoms with van der Waals surface area (Å²) >= 11 is 0. The van der Waals surface area contributed by atoms with E-state index in [4.69, 9.17) is 0 Å². The second-order valence-corrected chi connectivity index (χ2v) is 4.22. The van der Waals surface area contributed by atoms with Crippen LogP contribution in [0.1, 0.15) is 37.8 Å². The Kier molecular flexibility index (Phi) is 3.31. The van der Waals surface area contributed by atoms with Crippen molar-refractivity contribution in [3.63, 3.8) is 0 Å². The predicted octanol–water partition coefficient (Wildman–Crippen LogP) is 2.47. The summed E-state index contributed by atoms with van der Waals surface area (Å²) in [5.41, 5.74) is 1.03. The second-order valence-electron chi connectivity index (χ2n) is 4.22. The van der Waals surface area contributed by atoms with E-state index >= 15 is 0 Å². The van der Waals surface area contributed by atoms with Crippen LogP contribution in [0.15, 0.2) is 18.3 Å². The first kappa shape index (κ1) is 10.6. The van der Waals surface area contributed by atoms with Crippen molar-refractivity contribution in [2.24, 2.45) is 0 Å². The van der Waals surface area contributed by atoms with E-state index in [2.05, 4.69) is 17.2 Å². The molecule has 0 aromatic carbocycles. The summed E-state index contributed by atoms with van der Waals surface area (Å²) in [5.74, 6) is 0.277. The van der Waals surface area contributed by atoms with Gasteiger partial charge in [-0.1, -0.05) is 6.92 Å². The Morgan fingerprint density at radius 2 is 2.27 bits per heavy atom. The van der Waals surface area contributed by atoms with E-state index in [1.165, 1.54) is 18.7 Å². The highest BCUT2D eigenvalue weighted by Crippen LogP contribution is 2.35. The number of nitrogens with zero attached hydrogens (tertiary/aromatic N) is 1. The Bertz CT molecular complexity index is 304. The highest BCUT2D eigenvalue weighted by Gasteiger charge is 2.30. The summed E-state index contributed by atoms with van der Waals surface area (Å²) in [6.07, 6.45) is 4.76. The summed E-state index contributed by atoms with van der Waals surface area (Å²) in [6.45, 7) is 3.26. The molecule has 2 rings (SSSR count). The highest BCUT2D eigenvalue weighted by atomic mass is 19.1. The van der Waals surface area contributed by atoms with E-state index in [9.17, 15) is 4.39 Å². The van der Waals surface area contributed by atoms with Crippen LogP contribution in [0.4, 0.5) is 4.39 Å². The fourth-order valence-corrected chi connectivity index (χ4v) is 2.00. The van der Waals surface area contributed by atoms with Gasteiger partial charge in [-0.05, 0) is 37.9 Å². The quantitative estimate of drug-likeness (QED) is 0.822. The maximum Gasteiger partial charge on any atom is 0.141 e. The van der Waals surface area contributed by atoms with Crippen LogP contribution in [0.3, 0.4) is 0 Å². The fourth-order valence-electron chi connectivity index (χ4n) is 2.00.